The van der Waals surface area contributed by atoms with Crippen LogP contribution in [0, 0.1) is 0 Å². The molecule has 0 aromatic carbocycles. The fourth-order valence-electron chi connectivity index (χ4n) is 1.02. The van der Waals surface area contributed by atoms with E-state index < -0.39 is 5.97 Å². The predicted octanol–water partition coefficient (Wildman–Crippen LogP) is 1.64. The maximum absolute atomic E-state index is 10.2. The van der Waals surface area contributed by atoms with Gasteiger partial charge in [0.05, 0.1) is 12.6 Å². The molecule has 0 radical (unpaired) electrons. The van der Waals surface area contributed by atoms with Crippen molar-refractivity contribution in [3.8, 4) is 0 Å². The van der Waals surface area contributed by atoms with Gasteiger partial charge in [0.25, 0.3) is 0 Å². The van der Waals surface area contributed by atoms with Crippen molar-refractivity contribution in [1.29, 1.82) is 0 Å². The maximum atomic E-state index is 10.2. The number of carboxylic acid groups (broad SMARTS) is 1. The van der Waals surface area contributed by atoms with Crippen molar-refractivity contribution < 1.29 is 14.3 Å². The van der Waals surface area contributed by atoms with E-state index in [1.165, 1.54) is 0 Å². The Labute approximate surface area is 76.6 Å². The Kier molecular flexibility index (Phi) is 3.49. The minimum atomic E-state index is -0.812. The molecule has 13 heavy (non-hydrogen) atoms. The van der Waals surface area contributed by atoms with E-state index in [1.54, 1.807) is 6.20 Å². The van der Waals surface area contributed by atoms with E-state index >= 15 is 0 Å². The van der Waals surface area contributed by atoms with Crippen LogP contribution in [0.25, 0.3) is 0 Å². The summed E-state index contributed by atoms with van der Waals surface area (Å²) in [6.07, 6.45) is 3.92. The summed E-state index contributed by atoms with van der Waals surface area (Å²) >= 11 is 0. The molecule has 4 nitrogen and oxygen atoms in total. The monoisotopic (exact) mass is 183 g/mol. The summed E-state index contributed by atoms with van der Waals surface area (Å²) in [5.74, 6) is 0.544. The number of aromatic nitrogens is 1. The van der Waals surface area contributed by atoms with E-state index in [-0.39, 0.29) is 6.42 Å². The molecule has 1 aromatic heterocycles. The van der Waals surface area contributed by atoms with E-state index in [0.717, 1.165) is 12.8 Å². The van der Waals surface area contributed by atoms with Crippen molar-refractivity contribution in [3.05, 3.63) is 17.8 Å². The van der Waals surface area contributed by atoms with Gasteiger partial charge in [-0.15, -0.1) is 0 Å². The average Bonchev–Trinajstić information content (AvgIpc) is 2.50. The SMILES string of the molecule is CCCc1ncc(CCC(=O)O)o1. The zero-order valence-electron chi connectivity index (χ0n) is 7.62. The van der Waals surface area contributed by atoms with Gasteiger partial charge in [-0.05, 0) is 6.42 Å². The Morgan fingerprint density at radius 1 is 1.62 bits per heavy atom. The van der Waals surface area contributed by atoms with Crippen LogP contribution in [0.15, 0.2) is 10.6 Å². The molecular weight excluding hydrogens is 170 g/mol. The number of oxazole rings is 1. The summed E-state index contributed by atoms with van der Waals surface area (Å²) < 4.78 is 5.30. The van der Waals surface area contributed by atoms with Crippen LogP contribution in [0.1, 0.15) is 31.4 Å². The molecule has 1 N–H and O–H groups in total. The molecule has 0 aliphatic heterocycles. The Hall–Kier alpha value is -1.32. The van der Waals surface area contributed by atoms with Gasteiger partial charge in [-0.3, -0.25) is 4.79 Å². The van der Waals surface area contributed by atoms with Crippen molar-refractivity contribution in [1.82, 2.24) is 4.98 Å². The number of hydrogen-bond acceptors (Lipinski definition) is 3. The highest BCUT2D eigenvalue weighted by Crippen LogP contribution is 2.07. The third-order valence-electron chi connectivity index (χ3n) is 1.65. The summed E-state index contributed by atoms with van der Waals surface area (Å²) in [4.78, 5) is 14.3. The molecule has 0 spiro atoms. The summed E-state index contributed by atoms with van der Waals surface area (Å²) in [5.41, 5.74) is 0. The number of carbonyl (C=O) groups is 1. The molecule has 0 fully saturated rings. The lowest BCUT2D eigenvalue weighted by molar-refractivity contribution is -0.137. The fraction of sp³-hybridized carbons (Fsp3) is 0.556. The molecule has 1 rings (SSSR count). The van der Waals surface area contributed by atoms with Gasteiger partial charge in [0, 0.05) is 12.8 Å². The number of aliphatic carboxylic acids is 1. The van der Waals surface area contributed by atoms with Gasteiger partial charge in [0.2, 0.25) is 0 Å². The second-order valence-electron chi connectivity index (χ2n) is 2.86. The van der Waals surface area contributed by atoms with E-state index in [1.807, 2.05) is 6.92 Å². The second-order valence-corrected chi connectivity index (χ2v) is 2.86. The highest BCUT2D eigenvalue weighted by molar-refractivity contribution is 5.66. The van der Waals surface area contributed by atoms with Crippen molar-refractivity contribution in [3.63, 3.8) is 0 Å². The Bertz CT molecular complexity index is 280. The van der Waals surface area contributed by atoms with Gasteiger partial charge in [0.15, 0.2) is 5.89 Å². The molecule has 0 saturated heterocycles. The Morgan fingerprint density at radius 3 is 3.00 bits per heavy atom. The summed E-state index contributed by atoms with van der Waals surface area (Å²) in [5, 5.41) is 8.42. The molecule has 0 atom stereocenters. The lowest BCUT2D eigenvalue weighted by atomic mass is 10.3. The van der Waals surface area contributed by atoms with Crippen LogP contribution in [0.2, 0.25) is 0 Å². The quantitative estimate of drug-likeness (QED) is 0.753. The zero-order valence-corrected chi connectivity index (χ0v) is 7.62. The fourth-order valence-corrected chi connectivity index (χ4v) is 1.02. The molecule has 0 amide bonds. The van der Waals surface area contributed by atoms with Gasteiger partial charge in [-0.2, -0.15) is 0 Å². The second kappa shape index (κ2) is 4.64. The molecule has 0 unspecified atom stereocenters. The van der Waals surface area contributed by atoms with E-state index in [0.29, 0.717) is 18.1 Å². The first kappa shape index (κ1) is 9.77. The lowest BCUT2D eigenvalue weighted by Crippen LogP contribution is -1.96. The first-order chi connectivity index (χ1) is 6.22. The molecule has 1 aromatic rings. The molecule has 72 valence electrons. The summed E-state index contributed by atoms with van der Waals surface area (Å²) in [7, 11) is 0. The average molecular weight is 183 g/mol. The van der Waals surface area contributed by atoms with E-state index in [4.69, 9.17) is 9.52 Å². The first-order valence-corrected chi connectivity index (χ1v) is 4.37. The normalized spacial score (nSPS) is 10.2. The van der Waals surface area contributed by atoms with Gasteiger partial charge < -0.3 is 9.52 Å². The minimum Gasteiger partial charge on any atom is -0.481 e. The predicted molar refractivity (Wildman–Crippen MR) is 46.5 cm³/mol. The van der Waals surface area contributed by atoms with Crippen molar-refractivity contribution in [2.45, 2.75) is 32.6 Å². The molecule has 1 heterocycles. The van der Waals surface area contributed by atoms with Gasteiger partial charge in [-0.25, -0.2) is 4.98 Å². The van der Waals surface area contributed by atoms with Gasteiger partial charge in [0.1, 0.15) is 5.76 Å². The summed E-state index contributed by atoms with van der Waals surface area (Å²) in [6, 6.07) is 0. The molecule has 4 heteroatoms. The smallest absolute Gasteiger partial charge is 0.303 e. The maximum Gasteiger partial charge on any atom is 0.303 e. The number of carboxylic acids is 1. The molecule has 0 aliphatic carbocycles. The lowest BCUT2D eigenvalue weighted by Gasteiger charge is -1.91. The van der Waals surface area contributed by atoms with E-state index in [9.17, 15) is 4.79 Å². The Morgan fingerprint density at radius 2 is 2.38 bits per heavy atom. The van der Waals surface area contributed by atoms with Crippen LogP contribution in [0.3, 0.4) is 0 Å². The van der Waals surface area contributed by atoms with Crippen LogP contribution >= 0.6 is 0 Å². The summed E-state index contributed by atoms with van der Waals surface area (Å²) in [6.45, 7) is 2.04. The molecular formula is C9H13NO3. The van der Waals surface area contributed by atoms with Crippen LogP contribution in [-0.4, -0.2) is 16.1 Å². The number of hydrogen-bond donors (Lipinski definition) is 1. The molecule has 0 bridgehead atoms. The Balaban J connectivity index is 2.44. The highest BCUT2D eigenvalue weighted by atomic mass is 16.4. The van der Waals surface area contributed by atoms with Crippen molar-refractivity contribution in [2.75, 3.05) is 0 Å². The highest BCUT2D eigenvalue weighted by Gasteiger charge is 2.04. The third-order valence-corrected chi connectivity index (χ3v) is 1.65. The zero-order chi connectivity index (χ0) is 9.68. The van der Waals surface area contributed by atoms with Crippen LogP contribution < -0.4 is 0 Å². The van der Waals surface area contributed by atoms with Crippen LogP contribution in [-0.2, 0) is 17.6 Å². The minimum absolute atomic E-state index is 0.0980. The van der Waals surface area contributed by atoms with Gasteiger partial charge in [-0.1, -0.05) is 6.92 Å². The van der Waals surface area contributed by atoms with Crippen molar-refractivity contribution in [2.24, 2.45) is 0 Å². The number of rotatable bonds is 5. The largest absolute Gasteiger partial charge is 0.481 e. The van der Waals surface area contributed by atoms with E-state index in [2.05, 4.69) is 4.98 Å². The van der Waals surface area contributed by atoms with Crippen LogP contribution in [0.5, 0.6) is 0 Å². The van der Waals surface area contributed by atoms with Crippen LogP contribution in [0.4, 0.5) is 0 Å². The number of aryl methyl sites for hydroxylation is 2. The number of nitrogens with zero attached hydrogens (tertiary/aromatic N) is 1. The van der Waals surface area contributed by atoms with Crippen molar-refractivity contribution >= 4 is 5.97 Å². The van der Waals surface area contributed by atoms with Gasteiger partial charge >= 0.3 is 5.97 Å². The molecule has 0 aliphatic rings. The standard InChI is InChI=1S/C9H13NO3/c1-2-3-8-10-6-7(13-8)4-5-9(11)12/h6H,2-5H2,1H3,(H,11,12). The topological polar surface area (TPSA) is 63.3 Å². The molecule has 0 saturated carbocycles. The third kappa shape index (κ3) is 3.27. The first-order valence-electron chi connectivity index (χ1n) is 4.37.